The number of carbonyl (C=O) groups excluding carboxylic acids is 3. The molecule has 0 radical (unpaired) electrons. The smallest absolute Gasteiger partial charge is 0.475 e. The van der Waals surface area contributed by atoms with Crippen molar-refractivity contribution in [2.75, 3.05) is 13.7 Å². The molecule has 4 atom stereocenters. The first-order valence-electron chi connectivity index (χ1n) is 11.2. The van der Waals surface area contributed by atoms with Crippen molar-refractivity contribution in [2.45, 2.75) is 31.6 Å². The van der Waals surface area contributed by atoms with Crippen molar-refractivity contribution in [1.29, 1.82) is 0 Å². The Hall–Kier alpha value is -3.15. The maximum atomic E-state index is 13.1. The van der Waals surface area contributed by atoms with E-state index >= 15 is 0 Å². The Morgan fingerprint density at radius 3 is 2.08 bits per heavy atom. The number of aliphatic carboxylic acids is 1. The number of carboxylic acid groups (broad SMARTS) is 1. The van der Waals surface area contributed by atoms with Gasteiger partial charge >= 0.3 is 18.1 Å². The standard InChI is InChI=1S/C23H22Cl2N2O4.C2HF3O2/c1-4-27-20(28)17-18(21(27)29)23(2,22(30)31-3)26-19(17)13-7-5-12(6-8-13)14-9-10-15(24)16(25)11-14;3-2(4,5)1(6)7/h5-11,17-19,26H,4H2,1-3H3;(H,6,7)/t17-,18-,19-,23-;/m1./s1. The molecule has 0 bridgehead atoms. The molecule has 13 heteroatoms. The third-order valence-electron chi connectivity index (χ3n) is 6.57. The van der Waals surface area contributed by atoms with Gasteiger partial charge in [-0.05, 0) is 42.7 Å². The van der Waals surface area contributed by atoms with Gasteiger partial charge in [0.05, 0.1) is 29.0 Å². The molecular weight excluding hydrogens is 552 g/mol. The molecule has 2 saturated heterocycles. The number of halogens is 5. The molecule has 2 aliphatic rings. The number of hydrogen-bond acceptors (Lipinski definition) is 6. The third kappa shape index (κ3) is 5.36. The average molecular weight is 575 g/mol. The third-order valence-corrected chi connectivity index (χ3v) is 7.31. The summed E-state index contributed by atoms with van der Waals surface area (Å²) in [6.45, 7) is 3.65. The van der Waals surface area contributed by atoms with E-state index in [1.54, 1.807) is 26.0 Å². The first-order chi connectivity index (χ1) is 17.7. The molecule has 204 valence electrons. The zero-order chi connectivity index (χ0) is 28.6. The van der Waals surface area contributed by atoms with Gasteiger partial charge in [0.2, 0.25) is 11.8 Å². The minimum atomic E-state index is -5.08. The highest BCUT2D eigenvalue weighted by Gasteiger charge is 2.66. The second-order valence-corrected chi connectivity index (χ2v) is 9.61. The Morgan fingerprint density at radius 2 is 1.61 bits per heavy atom. The van der Waals surface area contributed by atoms with Crippen LogP contribution in [0, 0.1) is 11.8 Å². The SMILES string of the molecule is CCN1C(=O)[C@H]2[C@@H](c3ccc(-c4ccc(Cl)c(Cl)c4)cc3)N[C@@](C)(C(=O)OC)[C@H]2C1=O.O=C(O)C(F)(F)F. The minimum Gasteiger partial charge on any atom is -0.475 e. The fourth-order valence-electron chi connectivity index (χ4n) is 4.76. The zero-order valence-corrected chi connectivity index (χ0v) is 21.8. The second kappa shape index (κ2) is 10.9. The predicted molar refractivity (Wildman–Crippen MR) is 131 cm³/mol. The number of benzene rings is 2. The van der Waals surface area contributed by atoms with E-state index in [2.05, 4.69) is 5.32 Å². The number of methoxy groups -OCH3 is 1. The number of imide groups is 1. The van der Waals surface area contributed by atoms with E-state index in [4.69, 9.17) is 37.8 Å². The number of rotatable bonds is 4. The van der Waals surface area contributed by atoms with Gasteiger partial charge in [-0.1, -0.05) is 53.5 Å². The number of ether oxygens (including phenoxy) is 1. The molecule has 2 aliphatic heterocycles. The van der Waals surface area contributed by atoms with Gasteiger partial charge in [-0.2, -0.15) is 13.2 Å². The largest absolute Gasteiger partial charge is 0.490 e. The molecule has 4 rings (SSSR count). The quantitative estimate of drug-likeness (QED) is 0.408. The maximum Gasteiger partial charge on any atom is 0.490 e. The lowest BCUT2D eigenvalue weighted by Gasteiger charge is -2.28. The predicted octanol–water partition coefficient (Wildman–Crippen LogP) is 4.49. The first-order valence-corrected chi connectivity index (χ1v) is 12.0. The average Bonchev–Trinajstić information content (AvgIpc) is 3.32. The molecule has 2 amide bonds. The molecule has 0 saturated carbocycles. The summed E-state index contributed by atoms with van der Waals surface area (Å²) in [5, 5.41) is 11.3. The van der Waals surface area contributed by atoms with Crippen molar-refractivity contribution in [1.82, 2.24) is 10.2 Å². The monoisotopic (exact) mass is 574 g/mol. The lowest BCUT2D eigenvalue weighted by molar-refractivity contribution is -0.192. The van der Waals surface area contributed by atoms with E-state index in [1.165, 1.54) is 12.0 Å². The second-order valence-electron chi connectivity index (χ2n) is 8.79. The van der Waals surface area contributed by atoms with Crippen LogP contribution in [0.3, 0.4) is 0 Å². The van der Waals surface area contributed by atoms with Gasteiger partial charge in [0.15, 0.2) is 0 Å². The molecule has 0 spiro atoms. The van der Waals surface area contributed by atoms with E-state index in [0.29, 0.717) is 10.0 Å². The van der Waals surface area contributed by atoms with Crippen molar-refractivity contribution in [3.8, 4) is 11.1 Å². The summed E-state index contributed by atoms with van der Waals surface area (Å²) in [6, 6.07) is 12.5. The number of nitrogens with zero attached hydrogens (tertiary/aromatic N) is 1. The molecule has 0 aromatic heterocycles. The molecule has 0 aliphatic carbocycles. The summed E-state index contributed by atoms with van der Waals surface area (Å²) in [6.07, 6.45) is -5.08. The van der Waals surface area contributed by atoms with Crippen LogP contribution in [0.15, 0.2) is 42.5 Å². The highest BCUT2D eigenvalue weighted by molar-refractivity contribution is 6.42. The number of esters is 1. The van der Waals surface area contributed by atoms with Crippen LogP contribution in [0.5, 0.6) is 0 Å². The fraction of sp³-hybridized carbons (Fsp3) is 0.360. The Morgan fingerprint density at radius 1 is 1.05 bits per heavy atom. The molecule has 38 heavy (non-hydrogen) atoms. The van der Waals surface area contributed by atoms with Gasteiger partial charge in [0, 0.05) is 12.6 Å². The number of carboxylic acids is 1. The molecule has 8 nitrogen and oxygen atoms in total. The summed E-state index contributed by atoms with van der Waals surface area (Å²) in [5.41, 5.74) is 1.35. The van der Waals surface area contributed by atoms with Crippen LogP contribution in [0.2, 0.25) is 10.0 Å². The van der Waals surface area contributed by atoms with Gasteiger partial charge in [0.1, 0.15) is 5.54 Å². The Kier molecular flexibility index (Phi) is 8.45. The van der Waals surface area contributed by atoms with Crippen molar-refractivity contribution >= 4 is 47.0 Å². The lowest BCUT2D eigenvalue weighted by atomic mass is 9.80. The maximum absolute atomic E-state index is 13.1. The topological polar surface area (TPSA) is 113 Å². The number of likely N-dealkylation sites (tertiary alicyclic amines) is 1. The van der Waals surface area contributed by atoms with Gasteiger partial charge in [-0.15, -0.1) is 0 Å². The number of carbonyl (C=O) groups is 4. The summed E-state index contributed by atoms with van der Waals surface area (Å²) in [5.74, 6) is -5.41. The number of amides is 2. The molecule has 2 heterocycles. The van der Waals surface area contributed by atoms with Crippen LogP contribution in [0.1, 0.15) is 25.5 Å². The minimum absolute atomic E-state index is 0.267. The molecular formula is C25H23Cl2F3N2O6. The molecule has 2 fully saturated rings. The van der Waals surface area contributed by atoms with E-state index in [0.717, 1.165) is 16.7 Å². The Labute approximate surface area is 225 Å². The van der Waals surface area contributed by atoms with Crippen molar-refractivity contribution in [3.05, 3.63) is 58.1 Å². The van der Waals surface area contributed by atoms with Crippen LogP contribution in [0.25, 0.3) is 11.1 Å². The number of fused-ring (bicyclic) bond motifs is 1. The van der Waals surface area contributed by atoms with Crippen molar-refractivity contribution < 1.29 is 42.2 Å². The zero-order valence-electron chi connectivity index (χ0n) is 20.3. The molecule has 2 aromatic rings. The number of nitrogens with one attached hydrogen (secondary N) is 1. The number of hydrogen-bond donors (Lipinski definition) is 2. The molecule has 2 N–H and O–H groups in total. The summed E-state index contributed by atoms with van der Waals surface area (Å²) in [7, 11) is 1.28. The van der Waals surface area contributed by atoms with E-state index in [-0.39, 0.29) is 18.4 Å². The lowest BCUT2D eigenvalue weighted by Crippen LogP contribution is -2.53. The van der Waals surface area contributed by atoms with Crippen molar-refractivity contribution in [2.24, 2.45) is 11.8 Å². The highest BCUT2D eigenvalue weighted by atomic mass is 35.5. The summed E-state index contributed by atoms with van der Waals surface area (Å²) >= 11 is 12.1. The van der Waals surface area contributed by atoms with Gasteiger partial charge in [-0.25, -0.2) is 4.79 Å². The van der Waals surface area contributed by atoms with Crippen LogP contribution in [0.4, 0.5) is 13.2 Å². The van der Waals surface area contributed by atoms with Crippen molar-refractivity contribution in [3.63, 3.8) is 0 Å². The van der Waals surface area contributed by atoms with Gasteiger partial charge in [-0.3, -0.25) is 24.6 Å². The highest BCUT2D eigenvalue weighted by Crippen LogP contribution is 2.49. The summed E-state index contributed by atoms with van der Waals surface area (Å²) < 4.78 is 36.7. The fourth-order valence-corrected chi connectivity index (χ4v) is 5.05. The van der Waals surface area contributed by atoms with Gasteiger partial charge in [0.25, 0.3) is 0 Å². The van der Waals surface area contributed by atoms with Gasteiger partial charge < -0.3 is 9.84 Å². The van der Waals surface area contributed by atoms with Crippen LogP contribution in [-0.4, -0.2) is 59.1 Å². The molecule has 2 aromatic carbocycles. The van der Waals surface area contributed by atoms with Crippen LogP contribution >= 0.6 is 23.2 Å². The van der Waals surface area contributed by atoms with Crippen LogP contribution in [-0.2, 0) is 23.9 Å². The first kappa shape index (κ1) is 29.4. The van der Waals surface area contributed by atoms with E-state index in [9.17, 15) is 27.6 Å². The van der Waals surface area contributed by atoms with E-state index < -0.39 is 41.5 Å². The Balaban J connectivity index is 0.000000505. The molecule has 0 unspecified atom stereocenters. The Bertz CT molecular complexity index is 1270. The van der Waals surface area contributed by atoms with Crippen LogP contribution < -0.4 is 5.32 Å². The normalized spacial score (nSPS) is 24.5. The summed E-state index contributed by atoms with van der Waals surface area (Å²) in [4.78, 5) is 48.8. The number of alkyl halides is 3. The van der Waals surface area contributed by atoms with E-state index in [1.807, 2.05) is 30.3 Å².